The highest BCUT2D eigenvalue weighted by molar-refractivity contribution is 5.83. The van der Waals surface area contributed by atoms with E-state index in [1.165, 1.54) is 38.1 Å². The van der Waals surface area contributed by atoms with E-state index < -0.39 is 30.2 Å². The summed E-state index contributed by atoms with van der Waals surface area (Å²) in [5.74, 6) is -2.44. The maximum Gasteiger partial charge on any atom is 0.437 e. The van der Waals surface area contributed by atoms with E-state index in [1.54, 1.807) is 0 Å². The average molecular weight is 308 g/mol. The summed E-state index contributed by atoms with van der Waals surface area (Å²) in [4.78, 5) is 34.2. The molecular formula is C14H13FN2O5. The van der Waals surface area contributed by atoms with Crippen molar-refractivity contribution in [2.75, 3.05) is 0 Å². The van der Waals surface area contributed by atoms with Crippen molar-refractivity contribution in [2.45, 2.75) is 26.5 Å². The number of carbonyl (C=O) groups excluding carboxylic acids is 2. The molecule has 2 rings (SSSR count). The van der Waals surface area contributed by atoms with Gasteiger partial charge in [0, 0.05) is 5.56 Å². The predicted molar refractivity (Wildman–Crippen MR) is 72.4 cm³/mol. The minimum Gasteiger partial charge on any atom is -0.453 e. The van der Waals surface area contributed by atoms with Crippen molar-refractivity contribution in [1.29, 1.82) is 0 Å². The number of halogens is 1. The van der Waals surface area contributed by atoms with E-state index in [9.17, 15) is 18.8 Å². The van der Waals surface area contributed by atoms with Gasteiger partial charge in [0.2, 0.25) is 5.89 Å². The van der Waals surface area contributed by atoms with Gasteiger partial charge in [0.25, 0.3) is 0 Å². The van der Waals surface area contributed by atoms with Crippen molar-refractivity contribution < 1.29 is 23.1 Å². The van der Waals surface area contributed by atoms with Crippen molar-refractivity contribution >= 4 is 11.8 Å². The van der Waals surface area contributed by atoms with Gasteiger partial charge in [0.1, 0.15) is 12.4 Å². The lowest BCUT2D eigenvalue weighted by Gasteiger charge is -2.08. The topological polar surface area (TPSA) is 91.4 Å². The Morgan fingerprint density at radius 3 is 2.59 bits per heavy atom. The summed E-state index contributed by atoms with van der Waals surface area (Å²) in [5.41, 5.74) is 0.391. The van der Waals surface area contributed by atoms with Crippen LogP contribution < -0.4 is 5.76 Å². The van der Waals surface area contributed by atoms with Crippen molar-refractivity contribution in [3.05, 3.63) is 40.6 Å². The molecule has 116 valence electrons. The van der Waals surface area contributed by atoms with Crippen molar-refractivity contribution in [3.63, 3.8) is 0 Å². The summed E-state index contributed by atoms with van der Waals surface area (Å²) in [7, 11) is 0. The third-order valence-corrected chi connectivity index (χ3v) is 2.86. The van der Waals surface area contributed by atoms with Gasteiger partial charge >= 0.3 is 11.7 Å². The smallest absolute Gasteiger partial charge is 0.437 e. The summed E-state index contributed by atoms with van der Waals surface area (Å²) in [6.07, 6.45) is -0.897. The molecule has 1 aromatic heterocycles. The molecule has 0 radical (unpaired) electrons. The zero-order valence-corrected chi connectivity index (χ0v) is 11.9. The van der Waals surface area contributed by atoms with Crippen LogP contribution in [0.15, 0.2) is 33.5 Å². The van der Waals surface area contributed by atoms with Crippen molar-refractivity contribution in [1.82, 2.24) is 9.78 Å². The highest BCUT2D eigenvalue weighted by atomic mass is 19.1. The van der Waals surface area contributed by atoms with E-state index >= 15 is 0 Å². The van der Waals surface area contributed by atoms with E-state index in [-0.39, 0.29) is 11.7 Å². The first-order valence-corrected chi connectivity index (χ1v) is 6.40. The highest BCUT2D eigenvalue weighted by Crippen LogP contribution is 2.15. The quantitative estimate of drug-likeness (QED) is 0.770. The monoisotopic (exact) mass is 308 g/mol. The lowest BCUT2D eigenvalue weighted by Crippen LogP contribution is -2.28. The van der Waals surface area contributed by atoms with Gasteiger partial charge in [-0.05, 0) is 38.1 Å². The number of ketones is 1. The second-order valence-electron chi connectivity index (χ2n) is 4.58. The largest absolute Gasteiger partial charge is 0.453 e. The van der Waals surface area contributed by atoms with Gasteiger partial charge in [0.05, 0.1) is 0 Å². The molecule has 0 saturated carbocycles. The fourth-order valence-corrected chi connectivity index (χ4v) is 1.55. The Bertz CT molecular complexity index is 747. The van der Waals surface area contributed by atoms with Crippen LogP contribution in [0.1, 0.15) is 13.8 Å². The van der Waals surface area contributed by atoms with E-state index in [2.05, 4.69) is 5.10 Å². The van der Waals surface area contributed by atoms with Gasteiger partial charge in [-0.3, -0.25) is 9.59 Å². The fourth-order valence-electron chi connectivity index (χ4n) is 1.55. The van der Waals surface area contributed by atoms with E-state index in [0.717, 1.165) is 4.68 Å². The molecule has 22 heavy (non-hydrogen) atoms. The van der Waals surface area contributed by atoms with Gasteiger partial charge in [-0.2, -0.15) is 4.68 Å². The fraction of sp³-hybridized carbons (Fsp3) is 0.286. The summed E-state index contributed by atoms with van der Waals surface area (Å²) >= 11 is 0. The van der Waals surface area contributed by atoms with Gasteiger partial charge in [-0.15, -0.1) is 5.10 Å². The molecule has 0 aliphatic heterocycles. The van der Waals surface area contributed by atoms with Crippen LogP contribution >= 0.6 is 0 Å². The van der Waals surface area contributed by atoms with Crippen LogP contribution in [-0.2, 0) is 20.9 Å². The molecule has 1 aromatic carbocycles. The van der Waals surface area contributed by atoms with E-state index in [4.69, 9.17) is 9.15 Å². The molecule has 1 heterocycles. The summed E-state index contributed by atoms with van der Waals surface area (Å²) in [5, 5.41) is 3.83. The maximum atomic E-state index is 12.8. The third kappa shape index (κ3) is 3.66. The Hall–Kier alpha value is -2.77. The lowest BCUT2D eigenvalue weighted by atomic mass is 10.2. The molecule has 2 aromatic rings. The number of ether oxygens (including phenoxy) is 1. The Labute approximate surface area is 124 Å². The molecule has 0 aliphatic rings. The van der Waals surface area contributed by atoms with E-state index in [0.29, 0.717) is 5.56 Å². The van der Waals surface area contributed by atoms with Crippen LogP contribution in [0, 0.1) is 5.82 Å². The van der Waals surface area contributed by atoms with Crippen LogP contribution in [0.5, 0.6) is 0 Å². The molecule has 0 amide bonds. The number of rotatable bonds is 5. The lowest BCUT2D eigenvalue weighted by molar-refractivity contribution is -0.154. The highest BCUT2D eigenvalue weighted by Gasteiger charge is 2.17. The van der Waals surface area contributed by atoms with Crippen molar-refractivity contribution in [2.24, 2.45) is 0 Å². The SMILES string of the molecule is CC(=O)C(C)OC(=O)Cn1nc(-c2ccc(F)cc2)oc1=O. The number of carbonyl (C=O) groups is 2. The number of esters is 1. The first-order chi connectivity index (χ1) is 10.4. The van der Waals surface area contributed by atoms with Crippen LogP contribution in [-0.4, -0.2) is 27.6 Å². The zero-order valence-electron chi connectivity index (χ0n) is 11.9. The molecule has 0 fully saturated rings. The minimum absolute atomic E-state index is 0.0441. The first-order valence-electron chi connectivity index (χ1n) is 6.40. The number of aromatic nitrogens is 2. The van der Waals surface area contributed by atoms with Crippen LogP contribution in [0.4, 0.5) is 4.39 Å². The van der Waals surface area contributed by atoms with Gasteiger partial charge < -0.3 is 9.15 Å². The number of Topliss-reactive ketones (excluding diaryl/α,β-unsaturated/α-hetero) is 1. The number of hydrogen-bond donors (Lipinski definition) is 0. The Balaban J connectivity index is 2.13. The van der Waals surface area contributed by atoms with E-state index in [1.807, 2.05) is 0 Å². The molecular weight excluding hydrogens is 295 g/mol. The van der Waals surface area contributed by atoms with Gasteiger partial charge in [-0.1, -0.05) is 0 Å². The molecule has 0 N–H and O–H groups in total. The molecule has 1 unspecified atom stereocenters. The number of nitrogens with zero attached hydrogens (tertiary/aromatic N) is 2. The molecule has 0 spiro atoms. The van der Waals surface area contributed by atoms with Crippen LogP contribution in [0.25, 0.3) is 11.5 Å². The van der Waals surface area contributed by atoms with Gasteiger partial charge in [-0.25, -0.2) is 9.18 Å². The van der Waals surface area contributed by atoms with Gasteiger partial charge in [0.15, 0.2) is 11.9 Å². The summed E-state index contributed by atoms with van der Waals surface area (Å²) < 4.78 is 23.3. The summed E-state index contributed by atoms with van der Waals surface area (Å²) in [6.45, 7) is 2.23. The van der Waals surface area contributed by atoms with Crippen LogP contribution in [0.2, 0.25) is 0 Å². The normalized spacial score (nSPS) is 12.0. The standard InChI is InChI=1S/C14H13FN2O5/c1-8(18)9(2)21-12(19)7-17-14(20)22-13(16-17)10-3-5-11(15)6-4-10/h3-6,9H,7H2,1-2H3. The minimum atomic E-state index is -0.897. The zero-order chi connectivity index (χ0) is 16.3. The molecule has 0 aliphatic carbocycles. The number of hydrogen-bond acceptors (Lipinski definition) is 6. The first kappa shape index (κ1) is 15.6. The Kier molecular flexibility index (Phi) is 4.50. The second kappa shape index (κ2) is 6.33. The predicted octanol–water partition coefficient (Wildman–Crippen LogP) is 1.16. The van der Waals surface area contributed by atoms with Crippen LogP contribution in [0.3, 0.4) is 0 Å². The molecule has 8 heteroatoms. The maximum absolute atomic E-state index is 12.8. The number of benzene rings is 1. The molecule has 0 bridgehead atoms. The molecule has 0 saturated heterocycles. The molecule has 1 atom stereocenters. The average Bonchev–Trinajstić information content (AvgIpc) is 2.80. The Morgan fingerprint density at radius 2 is 2.00 bits per heavy atom. The summed E-state index contributed by atoms with van der Waals surface area (Å²) in [6, 6.07) is 5.16. The third-order valence-electron chi connectivity index (χ3n) is 2.86. The molecule has 7 nitrogen and oxygen atoms in total. The Morgan fingerprint density at radius 1 is 1.36 bits per heavy atom. The van der Waals surface area contributed by atoms with Crippen molar-refractivity contribution in [3.8, 4) is 11.5 Å². The second-order valence-corrected chi connectivity index (χ2v) is 4.58.